The van der Waals surface area contributed by atoms with Crippen LogP contribution in [0.2, 0.25) is 0 Å². The van der Waals surface area contributed by atoms with Crippen molar-refractivity contribution in [3.05, 3.63) is 77.9 Å². The van der Waals surface area contributed by atoms with E-state index in [-0.39, 0.29) is 24.0 Å². The molecule has 3 rings (SSSR count). The Balaban J connectivity index is 1.86. The fraction of sp³-hybridized carbons (Fsp3) is 0.158. The van der Waals surface area contributed by atoms with Crippen LogP contribution < -0.4 is 4.74 Å². The molecule has 0 atom stereocenters. The van der Waals surface area contributed by atoms with Gasteiger partial charge in [0.2, 0.25) is 0 Å². The number of ether oxygens (including phenoxy) is 1. The van der Waals surface area contributed by atoms with E-state index < -0.39 is 0 Å². The zero-order valence-electron chi connectivity index (χ0n) is 14.0. The summed E-state index contributed by atoms with van der Waals surface area (Å²) in [6.45, 7) is 0.146. The van der Waals surface area contributed by atoms with Crippen LogP contribution in [-0.2, 0) is 6.54 Å². The molecule has 0 aliphatic heterocycles. The number of para-hydroxylation sites is 1. The predicted molar refractivity (Wildman–Crippen MR) is 92.3 cm³/mol. The minimum absolute atomic E-state index is 0.146. The van der Waals surface area contributed by atoms with Crippen molar-refractivity contribution < 1.29 is 13.9 Å². The number of halogens is 1. The van der Waals surface area contributed by atoms with Crippen molar-refractivity contribution >= 4 is 5.91 Å². The minimum Gasteiger partial charge on any atom is -0.493 e. The molecule has 0 unspecified atom stereocenters. The van der Waals surface area contributed by atoms with E-state index in [0.717, 1.165) is 5.69 Å². The van der Waals surface area contributed by atoms with Crippen LogP contribution in [0.15, 0.2) is 60.8 Å². The van der Waals surface area contributed by atoms with Crippen molar-refractivity contribution in [1.82, 2.24) is 14.7 Å². The SMILES string of the molecule is COc1cn(-c2ccccc2)nc1C(=O)N(C)Cc1ccccc1F. The Morgan fingerprint density at radius 2 is 1.84 bits per heavy atom. The Kier molecular flexibility index (Phi) is 4.79. The molecule has 5 nitrogen and oxygen atoms in total. The Bertz CT molecular complexity index is 877. The highest BCUT2D eigenvalue weighted by Gasteiger charge is 2.22. The Hall–Kier alpha value is -3.15. The van der Waals surface area contributed by atoms with Gasteiger partial charge in [0.15, 0.2) is 11.4 Å². The first-order valence-electron chi connectivity index (χ1n) is 7.78. The lowest BCUT2D eigenvalue weighted by Gasteiger charge is -2.16. The van der Waals surface area contributed by atoms with Crippen LogP contribution in [0.5, 0.6) is 5.75 Å². The molecule has 25 heavy (non-hydrogen) atoms. The standard InChI is InChI=1S/C19H18FN3O2/c1-22(12-14-8-6-7-11-16(14)20)19(24)18-17(25-2)13-23(21-18)15-9-4-3-5-10-15/h3-11,13H,12H2,1-2H3. The van der Waals surface area contributed by atoms with Crippen molar-refractivity contribution in [2.45, 2.75) is 6.54 Å². The van der Waals surface area contributed by atoms with Crippen LogP contribution in [0, 0.1) is 5.82 Å². The zero-order chi connectivity index (χ0) is 17.8. The van der Waals surface area contributed by atoms with Gasteiger partial charge in [-0.25, -0.2) is 9.07 Å². The molecule has 0 saturated heterocycles. The van der Waals surface area contributed by atoms with Gasteiger partial charge in [-0.2, -0.15) is 5.10 Å². The highest BCUT2D eigenvalue weighted by molar-refractivity contribution is 5.94. The van der Waals surface area contributed by atoms with E-state index in [0.29, 0.717) is 11.3 Å². The number of methoxy groups -OCH3 is 1. The van der Waals surface area contributed by atoms with Crippen molar-refractivity contribution in [3.8, 4) is 11.4 Å². The number of hydrogen-bond acceptors (Lipinski definition) is 3. The van der Waals surface area contributed by atoms with Crippen LogP contribution in [-0.4, -0.2) is 34.7 Å². The Morgan fingerprint density at radius 1 is 1.16 bits per heavy atom. The van der Waals surface area contributed by atoms with Crippen LogP contribution in [0.25, 0.3) is 5.69 Å². The molecule has 0 fully saturated rings. The van der Waals surface area contributed by atoms with Crippen LogP contribution in [0.1, 0.15) is 16.1 Å². The monoisotopic (exact) mass is 339 g/mol. The van der Waals surface area contributed by atoms with Crippen molar-refractivity contribution in [2.75, 3.05) is 14.2 Å². The number of hydrogen-bond donors (Lipinski definition) is 0. The predicted octanol–water partition coefficient (Wildman–Crippen LogP) is 3.29. The summed E-state index contributed by atoms with van der Waals surface area (Å²) >= 11 is 0. The second-order valence-electron chi connectivity index (χ2n) is 5.58. The maximum Gasteiger partial charge on any atom is 0.278 e. The van der Waals surface area contributed by atoms with Crippen LogP contribution >= 0.6 is 0 Å². The second kappa shape index (κ2) is 7.17. The minimum atomic E-state index is -0.344. The molecule has 1 aromatic heterocycles. The van der Waals surface area contributed by atoms with Crippen LogP contribution in [0.3, 0.4) is 0 Å². The number of rotatable bonds is 5. The summed E-state index contributed by atoms with van der Waals surface area (Å²) in [5, 5.41) is 4.34. The van der Waals surface area contributed by atoms with Crippen molar-refractivity contribution in [2.24, 2.45) is 0 Å². The van der Waals surface area contributed by atoms with Gasteiger partial charge in [0.25, 0.3) is 5.91 Å². The summed E-state index contributed by atoms with van der Waals surface area (Å²) in [5.41, 5.74) is 1.45. The molecule has 1 amide bonds. The third kappa shape index (κ3) is 3.52. The van der Waals surface area contributed by atoms with Gasteiger partial charge in [-0.1, -0.05) is 36.4 Å². The lowest BCUT2D eigenvalue weighted by molar-refractivity contribution is 0.0774. The molecule has 0 radical (unpaired) electrons. The first-order chi connectivity index (χ1) is 12.1. The molecule has 0 N–H and O–H groups in total. The smallest absolute Gasteiger partial charge is 0.278 e. The average molecular weight is 339 g/mol. The summed E-state index contributed by atoms with van der Waals surface area (Å²) < 4.78 is 20.7. The summed E-state index contributed by atoms with van der Waals surface area (Å²) in [6.07, 6.45) is 1.65. The molecule has 0 aliphatic carbocycles. The molecule has 0 aliphatic rings. The Morgan fingerprint density at radius 3 is 2.52 bits per heavy atom. The number of nitrogens with zero attached hydrogens (tertiary/aromatic N) is 3. The van der Waals surface area contributed by atoms with E-state index in [2.05, 4.69) is 5.10 Å². The summed E-state index contributed by atoms with van der Waals surface area (Å²) in [4.78, 5) is 14.1. The lowest BCUT2D eigenvalue weighted by Crippen LogP contribution is -2.27. The van der Waals surface area contributed by atoms with Gasteiger partial charge in [-0.3, -0.25) is 4.79 Å². The van der Waals surface area contributed by atoms with Gasteiger partial charge >= 0.3 is 0 Å². The highest BCUT2D eigenvalue weighted by atomic mass is 19.1. The fourth-order valence-corrected chi connectivity index (χ4v) is 2.50. The van der Waals surface area contributed by atoms with Crippen LogP contribution in [0.4, 0.5) is 4.39 Å². The van der Waals surface area contributed by atoms with Crippen molar-refractivity contribution in [3.63, 3.8) is 0 Å². The summed E-state index contributed by atoms with van der Waals surface area (Å²) in [5.74, 6) is -0.312. The topological polar surface area (TPSA) is 47.4 Å². The molecule has 2 aromatic carbocycles. The van der Waals surface area contributed by atoms with Gasteiger partial charge in [-0.05, 0) is 18.2 Å². The van der Waals surface area contributed by atoms with Crippen molar-refractivity contribution in [1.29, 1.82) is 0 Å². The van der Waals surface area contributed by atoms with E-state index in [4.69, 9.17) is 4.74 Å². The molecular formula is C19H18FN3O2. The number of benzene rings is 2. The first kappa shape index (κ1) is 16.7. The quantitative estimate of drug-likeness (QED) is 0.717. The molecule has 0 saturated carbocycles. The van der Waals surface area contributed by atoms with E-state index in [1.165, 1.54) is 18.1 Å². The lowest BCUT2D eigenvalue weighted by atomic mass is 10.2. The third-order valence-electron chi connectivity index (χ3n) is 3.84. The molecule has 3 aromatic rings. The van der Waals surface area contributed by atoms with Gasteiger partial charge in [-0.15, -0.1) is 0 Å². The normalized spacial score (nSPS) is 10.5. The number of carbonyl (C=O) groups is 1. The van der Waals surface area contributed by atoms with Gasteiger partial charge in [0.1, 0.15) is 5.82 Å². The number of amides is 1. The number of carbonyl (C=O) groups excluding carboxylic acids is 1. The van der Waals surface area contributed by atoms with Gasteiger partial charge < -0.3 is 9.64 Å². The molecular weight excluding hydrogens is 321 g/mol. The molecule has 1 heterocycles. The highest BCUT2D eigenvalue weighted by Crippen LogP contribution is 2.21. The number of aromatic nitrogens is 2. The molecule has 6 heteroatoms. The van der Waals surface area contributed by atoms with E-state index in [1.807, 2.05) is 30.3 Å². The summed E-state index contributed by atoms with van der Waals surface area (Å²) in [6, 6.07) is 15.8. The van der Waals surface area contributed by atoms with E-state index in [9.17, 15) is 9.18 Å². The third-order valence-corrected chi connectivity index (χ3v) is 3.84. The maximum absolute atomic E-state index is 13.8. The zero-order valence-corrected chi connectivity index (χ0v) is 14.0. The van der Waals surface area contributed by atoms with E-state index >= 15 is 0 Å². The summed E-state index contributed by atoms with van der Waals surface area (Å²) in [7, 11) is 3.09. The molecule has 128 valence electrons. The first-order valence-corrected chi connectivity index (χ1v) is 7.78. The molecule has 0 spiro atoms. The van der Waals surface area contributed by atoms with E-state index in [1.54, 1.807) is 36.1 Å². The van der Waals surface area contributed by atoms with Gasteiger partial charge in [0.05, 0.1) is 19.0 Å². The average Bonchev–Trinajstić information content (AvgIpc) is 3.08. The van der Waals surface area contributed by atoms with Gasteiger partial charge in [0, 0.05) is 19.2 Å². The molecule has 0 bridgehead atoms. The Labute approximate surface area is 145 Å². The fourth-order valence-electron chi connectivity index (χ4n) is 2.50. The largest absolute Gasteiger partial charge is 0.493 e. The second-order valence-corrected chi connectivity index (χ2v) is 5.58. The maximum atomic E-state index is 13.8.